The summed E-state index contributed by atoms with van der Waals surface area (Å²) < 4.78 is 5.30. The topological polar surface area (TPSA) is 52.3 Å². The normalized spacial score (nSPS) is 12.6. The van der Waals surface area contributed by atoms with E-state index in [0.717, 1.165) is 5.56 Å². The Balaban J connectivity index is 2.66. The van der Waals surface area contributed by atoms with Crippen molar-refractivity contribution in [3.63, 3.8) is 0 Å². The summed E-state index contributed by atoms with van der Waals surface area (Å²) in [4.78, 5) is 11.7. The zero-order valence-electron chi connectivity index (χ0n) is 10.1. The van der Waals surface area contributed by atoms with Crippen molar-refractivity contribution in [1.82, 2.24) is 0 Å². The lowest BCUT2D eigenvalue weighted by molar-refractivity contribution is 0.0238. The highest BCUT2D eigenvalue weighted by Crippen LogP contribution is 2.10. The van der Waals surface area contributed by atoms with Crippen molar-refractivity contribution in [2.24, 2.45) is 11.7 Å². The van der Waals surface area contributed by atoms with Crippen molar-refractivity contribution >= 4 is 5.97 Å². The summed E-state index contributed by atoms with van der Waals surface area (Å²) in [5.74, 6) is 0.0528. The van der Waals surface area contributed by atoms with E-state index >= 15 is 0 Å². The van der Waals surface area contributed by atoms with Gasteiger partial charge >= 0.3 is 5.97 Å². The largest absolute Gasteiger partial charge is 0.459 e. The third-order valence-electron chi connectivity index (χ3n) is 2.66. The Labute approximate surface area is 96.6 Å². The molecule has 0 aliphatic rings. The highest BCUT2D eigenvalue weighted by atomic mass is 16.5. The third kappa shape index (κ3) is 3.35. The molecule has 0 fully saturated rings. The van der Waals surface area contributed by atoms with Gasteiger partial charge in [-0.25, -0.2) is 4.79 Å². The van der Waals surface area contributed by atoms with Gasteiger partial charge in [-0.15, -0.1) is 0 Å². The van der Waals surface area contributed by atoms with Crippen LogP contribution in [0.2, 0.25) is 0 Å². The van der Waals surface area contributed by atoms with E-state index in [0.29, 0.717) is 18.0 Å². The van der Waals surface area contributed by atoms with E-state index in [4.69, 9.17) is 10.5 Å². The van der Waals surface area contributed by atoms with Gasteiger partial charge < -0.3 is 10.5 Å². The Morgan fingerprint density at radius 3 is 2.25 bits per heavy atom. The van der Waals surface area contributed by atoms with Crippen LogP contribution >= 0.6 is 0 Å². The first-order chi connectivity index (χ1) is 7.54. The maximum atomic E-state index is 11.7. The van der Waals surface area contributed by atoms with Crippen LogP contribution in [-0.2, 0) is 11.3 Å². The molecule has 0 radical (unpaired) electrons. The molecule has 1 aromatic carbocycles. The minimum Gasteiger partial charge on any atom is -0.459 e. The lowest BCUT2D eigenvalue weighted by Gasteiger charge is -2.16. The van der Waals surface area contributed by atoms with Gasteiger partial charge in [-0.3, -0.25) is 0 Å². The lowest BCUT2D eigenvalue weighted by Crippen LogP contribution is -2.20. The van der Waals surface area contributed by atoms with E-state index in [1.807, 2.05) is 32.9 Å². The third-order valence-corrected chi connectivity index (χ3v) is 2.66. The molecule has 0 saturated carbocycles. The first-order valence-corrected chi connectivity index (χ1v) is 5.54. The quantitative estimate of drug-likeness (QED) is 0.794. The summed E-state index contributed by atoms with van der Waals surface area (Å²) in [7, 11) is 0. The van der Waals surface area contributed by atoms with E-state index < -0.39 is 0 Å². The number of nitrogens with two attached hydrogens (primary N) is 1. The fourth-order valence-corrected chi connectivity index (χ4v) is 1.15. The number of benzene rings is 1. The highest BCUT2D eigenvalue weighted by molar-refractivity contribution is 5.89. The lowest BCUT2D eigenvalue weighted by atomic mass is 10.1. The summed E-state index contributed by atoms with van der Waals surface area (Å²) in [5.41, 5.74) is 7.06. The molecule has 1 aromatic rings. The first kappa shape index (κ1) is 12.7. The van der Waals surface area contributed by atoms with Gasteiger partial charge in [-0.1, -0.05) is 26.0 Å². The average Bonchev–Trinajstić information content (AvgIpc) is 2.28. The number of hydrogen-bond donors (Lipinski definition) is 1. The molecule has 0 aromatic heterocycles. The molecule has 0 heterocycles. The van der Waals surface area contributed by atoms with Crippen molar-refractivity contribution in [3.05, 3.63) is 35.4 Å². The Morgan fingerprint density at radius 1 is 1.25 bits per heavy atom. The van der Waals surface area contributed by atoms with Gasteiger partial charge in [0.2, 0.25) is 0 Å². The first-order valence-electron chi connectivity index (χ1n) is 5.54. The standard InChI is InChI=1S/C13H19NO2/c1-9(2)10(3)16-13(15)12-6-4-11(8-14)5-7-12/h4-7,9-10H,8,14H2,1-3H3. The highest BCUT2D eigenvalue weighted by Gasteiger charge is 2.14. The minimum absolute atomic E-state index is 0.0679. The van der Waals surface area contributed by atoms with Crippen molar-refractivity contribution < 1.29 is 9.53 Å². The van der Waals surface area contributed by atoms with Crippen LogP contribution < -0.4 is 5.73 Å². The van der Waals surface area contributed by atoms with Crippen LogP contribution in [0.4, 0.5) is 0 Å². The molecule has 1 atom stereocenters. The number of hydrogen-bond acceptors (Lipinski definition) is 3. The average molecular weight is 221 g/mol. The Hall–Kier alpha value is -1.35. The molecule has 16 heavy (non-hydrogen) atoms. The van der Waals surface area contributed by atoms with Gasteiger partial charge in [0.1, 0.15) is 6.10 Å². The number of carbonyl (C=O) groups is 1. The van der Waals surface area contributed by atoms with Crippen LogP contribution in [0, 0.1) is 5.92 Å². The molecule has 0 bridgehead atoms. The van der Waals surface area contributed by atoms with E-state index in [2.05, 4.69) is 0 Å². The fraction of sp³-hybridized carbons (Fsp3) is 0.462. The molecule has 88 valence electrons. The van der Waals surface area contributed by atoms with Crippen LogP contribution in [0.25, 0.3) is 0 Å². The molecular weight excluding hydrogens is 202 g/mol. The molecular formula is C13H19NO2. The van der Waals surface area contributed by atoms with E-state index in [1.165, 1.54) is 0 Å². The predicted octanol–water partition coefficient (Wildman–Crippen LogP) is 2.35. The van der Waals surface area contributed by atoms with Crippen LogP contribution in [0.1, 0.15) is 36.7 Å². The van der Waals surface area contributed by atoms with Gasteiger partial charge in [0.25, 0.3) is 0 Å². The van der Waals surface area contributed by atoms with Crippen LogP contribution in [0.3, 0.4) is 0 Å². The summed E-state index contributed by atoms with van der Waals surface area (Å²) >= 11 is 0. The maximum Gasteiger partial charge on any atom is 0.338 e. The molecule has 0 saturated heterocycles. The number of ether oxygens (including phenoxy) is 1. The molecule has 2 N–H and O–H groups in total. The van der Waals surface area contributed by atoms with E-state index in [-0.39, 0.29) is 12.1 Å². The molecule has 1 unspecified atom stereocenters. The van der Waals surface area contributed by atoms with E-state index in [1.54, 1.807) is 12.1 Å². The SMILES string of the molecule is CC(C)C(C)OC(=O)c1ccc(CN)cc1. The number of carbonyl (C=O) groups excluding carboxylic acids is 1. The van der Waals surface area contributed by atoms with Crippen LogP contribution in [0.5, 0.6) is 0 Å². The second-order valence-electron chi connectivity index (χ2n) is 4.26. The number of esters is 1. The van der Waals surface area contributed by atoms with Gasteiger partial charge in [0, 0.05) is 6.54 Å². The van der Waals surface area contributed by atoms with Gasteiger partial charge in [0.05, 0.1) is 5.56 Å². The summed E-state index contributed by atoms with van der Waals surface area (Å²) in [5, 5.41) is 0. The fourth-order valence-electron chi connectivity index (χ4n) is 1.15. The van der Waals surface area contributed by atoms with Crippen LogP contribution in [-0.4, -0.2) is 12.1 Å². The molecule has 0 aliphatic heterocycles. The van der Waals surface area contributed by atoms with Crippen molar-refractivity contribution in [1.29, 1.82) is 0 Å². The second kappa shape index (κ2) is 5.66. The molecule has 0 amide bonds. The molecule has 3 nitrogen and oxygen atoms in total. The summed E-state index contributed by atoms with van der Waals surface area (Å²) in [6.45, 7) is 6.43. The molecule has 3 heteroatoms. The Bertz CT molecular complexity index is 343. The zero-order valence-corrected chi connectivity index (χ0v) is 10.1. The molecule has 1 rings (SSSR count). The zero-order chi connectivity index (χ0) is 12.1. The van der Waals surface area contributed by atoms with Gasteiger partial charge in [-0.2, -0.15) is 0 Å². The molecule has 0 aliphatic carbocycles. The smallest absolute Gasteiger partial charge is 0.338 e. The van der Waals surface area contributed by atoms with Crippen molar-refractivity contribution in [2.45, 2.75) is 33.4 Å². The summed E-state index contributed by atoms with van der Waals surface area (Å²) in [6.07, 6.45) is -0.0679. The predicted molar refractivity (Wildman–Crippen MR) is 64.0 cm³/mol. The Morgan fingerprint density at radius 2 is 1.81 bits per heavy atom. The van der Waals surface area contributed by atoms with Gasteiger partial charge in [0.15, 0.2) is 0 Å². The summed E-state index contributed by atoms with van der Waals surface area (Å²) in [6, 6.07) is 7.18. The van der Waals surface area contributed by atoms with Crippen LogP contribution in [0.15, 0.2) is 24.3 Å². The minimum atomic E-state index is -0.273. The molecule has 0 spiro atoms. The monoisotopic (exact) mass is 221 g/mol. The Kier molecular flexibility index (Phi) is 4.50. The van der Waals surface area contributed by atoms with Crippen molar-refractivity contribution in [2.75, 3.05) is 0 Å². The second-order valence-corrected chi connectivity index (χ2v) is 4.26. The van der Waals surface area contributed by atoms with E-state index in [9.17, 15) is 4.79 Å². The van der Waals surface area contributed by atoms with Gasteiger partial charge in [-0.05, 0) is 30.5 Å². The number of rotatable bonds is 4. The van der Waals surface area contributed by atoms with Crippen molar-refractivity contribution in [3.8, 4) is 0 Å². The maximum absolute atomic E-state index is 11.7.